The maximum Gasteiger partial charge on any atom is 0.219 e. The van der Waals surface area contributed by atoms with E-state index in [9.17, 15) is 0 Å². The Morgan fingerprint density at radius 1 is 1.03 bits per heavy atom. The lowest BCUT2D eigenvalue weighted by Gasteiger charge is -2.18. The van der Waals surface area contributed by atoms with Crippen LogP contribution < -0.4 is 4.57 Å². The van der Waals surface area contributed by atoms with Crippen molar-refractivity contribution < 1.29 is 8.98 Å². The summed E-state index contributed by atoms with van der Waals surface area (Å²) >= 11 is 0. The van der Waals surface area contributed by atoms with Gasteiger partial charge < -0.3 is 8.98 Å². The molecule has 29 heavy (non-hydrogen) atoms. The first kappa shape index (κ1) is 17.1. The highest BCUT2D eigenvalue weighted by atomic mass is 16.3. The fourth-order valence-corrected chi connectivity index (χ4v) is 5.79. The van der Waals surface area contributed by atoms with Gasteiger partial charge in [0.25, 0.3) is 0 Å². The van der Waals surface area contributed by atoms with Crippen molar-refractivity contribution in [1.29, 1.82) is 0 Å². The van der Waals surface area contributed by atoms with Crippen LogP contribution in [0.5, 0.6) is 0 Å². The Bertz CT molecular complexity index is 1440. The molecule has 5 aromatic rings. The van der Waals surface area contributed by atoms with E-state index in [0.29, 0.717) is 5.92 Å². The smallest absolute Gasteiger partial charge is 0.219 e. The molecule has 0 bridgehead atoms. The van der Waals surface area contributed by atoms with Crippen molar-refractivity contribution >= 4 is 43.7 Å². The fraction of sp³-hybridized carbons (Fsp3) is 0.346. The molecule has 3 heteroatoms. The number of nitrogens with zero attached hydrogens (tertiary/aromatic N) is 2. The molecule has 0 radical (unpaired) electrons. The molecule has 1 fully saturated rings. The van der Waals surface area contributed by atoms with Gasteiger partial charge in [-0.25, -0.2) is 4.57 Å². The lowest BCUT2D eigenvalue weighted by atomic mass is 9.93. The van der Waals surface area contributed by atoms with Gasteiger partial charge in [0.15, 0.2) is 6.20 Å². The highest BCUT2D eigenvalue weighted by Crippen LogP contribution is 2.42. The monoisotopic (exact) mass is 383 g/mol. The summed E-state index contributed by atoms with van der Waals surface area (Å²) in [6, 6.07) is 9.22. The number of aryl methyl sites for hydroxylation is 4. The third-order valence-electron chi connectivity index (χ3n) is 7.27. The first-order valence-corrected chi connectivity index (χ1v) is 10.8. The van der Waals surface area contributed by atoms with Crippen LogP contribution in [0.15, 0.2) is 41.1 Å². The minimum Gasteiger partial charge on any atom is -0.455 e. The first-order valence-electron chi connectivity index (χ1n) is 10.8. The lowest BCUT2D eigenvalue weighted by molar-refractivity contribution is -0.642. The number of fused-ring (bicyclic) bond motifs is 3. The van der Waals surface area contributed by atoms with Gasteiger partial charge in [-0.3, -0.25) is 0 Å². The van der Waals surface area contributed by atoms with Gasteiger partial charge in [-0.1, -0.05) is 18.9 Å². The van der Waals surface area contributed by atoms with E-state index in [-0.39, 0.29) is 0 Å². The molecule has 0 unspecified atom stereocenters. The lowest BCUT2D eigenvalue weighted by Crippen LogP contribution is -2.25. The van der Waals surface area contributed by atoms with Crippen LogP contribution in [0.25, 0.3) is 43.7 Å². The molecule has 6 rings (SSSR count). The van der Waals surface area contributed by atoms with Crippen LogP contribution in [0.1, 0.15) is 48.3 Å². The summed E-state index contributed by atoms with van der Waals surface area (Å²) < 4.78 is 11.2. The van der Waals surface area contributed by atoms with E-state index in [4.69, 9.17) is 4.42 Å². The van der Waals surface area contributed by atoms with Crippen molar-refractivity contribution in [1.82, 2.24) is 4.57 Å². The maximum atomic E-state index is 6.72. The Kier molecular flexibility index (Phi) is 3.45. The molecule has 0 amide bonds. The van der Waals surface area contributed by atoms with Gasteiger partial charge in [0.1, 0.15) is 18.2 Å². The molecule has 1 saturated carbocycles. The van der Waals surface area contributed by atoms with Crippen LogP contribution in [0.2, 0.25) is 0 Å². The molecule has 3 aromatic heterocycles. The molecule has 2 aromatic carbocycles. The number of aromatic nitrogens is 2. The van der Waals surface area contributed by atoms with E-state index < -0.39 is 0 Å². The van der Waals surface area contributed by atoms with Crippen molar-refractivity contribution in [3.63, 3.8) is 0 Å². The Hall–Kier alpha value is -2.81. The van der Waals surface area contributed by atoms with Crippen LogP contribution in [0, 0.1) is 13.8 Å². The summed E-state index contributed by atoms with van der Waals surface area (Å²) in [6.07, 6.45) is 9.66. The fourth-order valence-electron chi connectivity index (χ4n) is 5.79. The number of hydrogen-bond acceptors (Lipinski definition) is 1. The molecule has 3 nitrogen and oxygen atoms in total. The van der Waals surface area contributed by atoms with Crippen molar-refractivity contribution in [3.8, 4) is 0 Å². The third-order valence-corrected chi connectivity index (χ3v) is 7.27. The molecule has 1 aliphatic rings. The summed E-state index contributed by atoms with van der Waals surface area (Å²) in [6.45, 7) is 4.44. The summed E-state index contributed by atoms with van der Waals surface area (Å²) in [5.74, 6) is 0.677. The number of pyridine rings is 1. The SMILES string of the molecule is Cc1c2cc[n+](C)c2c(C)c2oc3cc(C4CCCC4)cc4ccn(C)c(c12)c43. The normalized spacial score (nSPS) is 15.6. The van der Waals surface area contributed by atoms with Gasteiger partial charge in [0.05, 0.1) is 16.5 Å². The predicted octanol–water partition coefficient (Wildman–Crippen LogP) is 6.33. The Morgan fingerprint density at radius 2 is 1.83 bits per heavy atom. The van der Waals surface area contributed by atoms with Crippen LogP contribution in [-0.4, -0.2) is 4.57 Å². The number of hydrogen-bond donors (Lipinski definition) is 0. The largest absolute Gasteiger partial charge is 0.455 e. The molecule has 0 saturated heterocycles. The molecular weight excluding hydrogens is 356 g/mol. The molecule has 3 heterocycles. The molecule has 0 atom stereocenters. The molecular formula is C26H27N2O+. The zero-order chi connectivity index (χ0) is 19.9. The predicted molar refractivity (Wildman–Crippen MR) is 120 cm³/mol. The van der Waals surface area contributed by atoms with Crippen LogP contribution in [0.3, 0.4) is 0 Å². The average Bonchev–Trinajstić information content (AvgIpc) is 3.38. The van der Waals surface area contributed by atoms with E-state index in [2.05, 4.69) is 73.7 Å². The molecule has 146 valence electrons. The second kappa shape index (κ2) is 5.85. The van der Waals surface area contributed by atoms with Gasteiger partial charge >= 0.3 is 0 Å². The summed E-state index contributed by atoms with van der Waals surface area (Å²) in [4.78, 5) is 0. The summed E-state index contributed by atoms with van der Waals surface area (Å²) in [7, 11) is 4.28. The highest BCUT2D eigenvalue weighted by Gasteiger charge is 2.24. The minimum atomic E-state index is 0.677. The minimum absolute atomic E-state index is 0.677. The zero-order valence-corrected chi connectivity index (χ0v) is 17.7. The van der Waals surface area contributed by atoms with Crippen LogP contribution in [-0.2, 0) is 14.1 Å². The summed E-state index contributed by atoms with van der Waals surface area (Å²) in [5.41, 5.74) is 8.57. The van der Waals surface area contributed by atoms with Crippen molar-refractivity contribution in [3.05, 3.63) is 53.3 Å². The van der Waals surface area contributed by atoms with Crippen molar-refractivity contribution in [2.24, 2.45) is 14.1 Å². The molecule has 1 aliphatic carbocycles. The first-order chi connectivity index (χ1) is 14.0. The quantitative estimate of drug-likeness (QED) is 0.188. The van der Waals surface area contributed by atoms with Crippen LogP contribution >= 0.6 is 0 Å². The van der Waals surface area contributed by atoms with Gasteiger partial charge in [0, 0.05) is 30.1 Å². The molecule has 0 N–H and O–H groups in total. The molecule has 0 spiro atoms. The summed E-state index contributed by atoms with van der Waals surface area (Å²) in [5, 5.41) is 5.11. The van der Waals surface area contributed by atoms with E-state index in [1.54, 1.807) is 0 Å². The van der Waals surface area contributed by atoms with Crippen molar-refractivity contribution in [2.75, 3.05) is 0 Å². The Balaban J connectivity index is 1.85. The van der Waals surface area contributed by atoms with E-state index >= 15 is 0 Å². The van der Waals surface area contributed by atoms with Crippen LogP contribution in [0.4, 0.5) is 0 Å². The second-order valence-electron chi connectivity index (χ2n) is 8.99. The average molecular weight is 384 g/mol. The van der Waals surface area contributed by atoms with Gasteiger partial charge in [-0.05, 0) is 61.3 Å². The Labute approximate surface area is 170 Å². The Morgan fingerprint density at radius 3 is 2.62 bits per heavy atom. The maximum absolute atomic E-state index is 6.72. The van der Waals surface area contributed by atoms with Gasteiger partial charge in [-0.2, -0.15) is 0 Å². The third kappa shape index (κ3) is 2.22. The zero-order valence-electron chi connectivity index (χ0n) is 17.7. The van der Waals surface area contributed by atoms with Gasteiger partial charge in [-0.15, -0.1) is 0 Å². The van der Waals surface area contributed by atoms with Gasteiger partial charge in [0.2, 0.25) is 5.52 Å². The number of benzene rings is 2. The highest BCUT2D eigenvalue weighted by molar-refractivity contribution is 6.19. The molecule has 0 aliphatic heterocycles. The topological polar surface area (TPSA) is 21.9 Å². The van der Waals surface area contributed by atoms with E-state index in [1.165, 1.54) is 75.0 Å². The standard InChI is InChI=1S/C26H27N2O/c1-15-20-10-12-27(3)24(20)16(2)26-22(15)25-23-18(9-11-28(25)4)13-19(14-21(23)29-26)17-7-5-6-8-17/h9-14,17H,5-8H2,1-4H3/q+1. The van der Waals surface area contributed by atoms with E-state index in [0.717, 1.165) is 11.2 Å². The number of rotatable bonds is 1. The van der Waals surface area contributed by atoms with E-state index in [1.807, 2.05) is 0 Å². The second-order valence-corrected chi connectivity index (χ2v) is 8.99. The van der Waals surface area contributed by atoms with Crippen molar-refractivity contribution in [2.45, 2.75) is 45.4 Å².